The van der Waals surface area contributed by atoms with Gasteiger partial charge in [-0.05, 0) is 14.1 Å². The Morgan fingerprint density at radius 3 is 2.67 bits per heavy atom. The smallest absolute Gasteiger partial charge is 0.108 e. The third-order valence-electron chi connectivity index (χ3n) is 1.32. The molecule has 1 radical (unpaired) electrons. The molecule has 0 unspecified atom stereocenters. The average Bonchev–Trinajstić information content (AvgIpc) is 1.90. The highest BCUT2D eigenvalue weighted by molar-refractivity contribution is 8.02. The number of nitrogens with zero attached hydrogens (tertiary/aromatic N) is 1. The van der Waals surface area contributed by atoms with Crippen molar-refractivity contribution >= 4 is 11.8 Å². The van der Waals surface area contributed by atoms with Crippen LogP contribution in [0.4, 0.5) is 0 Å². The standard InChI is InChI=1S/C6H13N2S/c1-8(2)6-5-7-3-4-9-6/h7H,3-5H2,1-2H3. The second kappa shape index (κ2) is 3.44. The molecule has 0 aromatic rings. The molecule has 0 aromatic heterocycles. The van der Waals surface area contributed by atoms with Crippen LogP contribution in [0.15, 0.2) is 0 Å². The maximum Gasteiger partial charge on any atom is 0.108 e. The van der Waals surface area contributed by atoms with Crippen LogP contribution < -0.4 is 5.32 Å². The van der Waals surface area contributed by atoms with Crippen molar-refractivity contribution in [3.63, 3.8) is 0 Å². The maximum absolute atomic E-state index is 3.32. The molecular weight excluding hydrogens is 132 g/mol. The zero-order valence-electron chi connectivity index (χ0n) is 5.98. The molecule has 0 spiro atoms. The van der Waals surface area contributed by atoms with Gasteiger partial charge in [-0.3, -0.25) is 4.90 Å². The second-order valence-corrected chi connectivity index (χ2v) is 3.48. The number of hydrogen-bond acceptors (Lipinski definition) is 3. The van der Waals surface area contributed by atoms with E-state index in [1.54, 1.807) is 0 Å². The van der Waals surface area contributed by atoms with Gasteiger partial charge in [-0.2, -0.15) is 0 Å². The summed E-state index contributed by atoms with van der Waals surface area (Å²) in [5.74, 6) is 1.22. The predicted octanol–water partition coefficient (Wildman–Crippen LogP) is 0.374. The van der Waals surface area contributed by atoms with Gasteiger partial charge >= 0.3 is 0 Å². The van der Waals surface area contributed by atoms with Crippen LogP contribution in [0.3, 0.4) is 0 Å². The largest absolute Gasteiger partial charge is 0.313 e. The van der Waals surface area contributed by atoms with Gasteiger partial charge < -0.3 is 5.32 Å². The quantitative estimate of drug-likeness (QED) is 0.574. The molecule has 0 atom stereocenters. The number of hydrogen-bond donors (Lipinski definition) is 1. The van der Waals surface area contributed by atoms with E-state index in [4.69, 9.17) is 0 Å². The summed E-state index contributed by atoms with van der Waals surface area (Å²) < 4.78 is 0. The molecule has 1 N–H and O–H groups in total. The number of nitrogens with one attached hydrogen (secondary N) is 1. The Morgan fingerprint density at radius 2 is 2.33 bits per heavy atom. The molecular formula is C6H13N2S. The summed E-state index contributed by atoms with van der Waals surface area (Å²) in [6, 6.07) is 0. The topological polar surface area (TPSA) is 15.3 Å². The first-order valence-corrected chi connectivity index (χ1v) is 4.16. The summed E-state index contributed by atoms with van der Waals surface area (Å²) in [6.07, 6.45) is 0. The van der Waals surface area contributed by atoms with E-state index >= 15 is 0 Å². The van der Waals surface area contributed by atoms with Gasteiger partial charge in [0, 0.05) is 18.8 Å². The molecule has 9 heavy (non-hydrogen) atoms. The van der Waals surface area contributed by atoms with Crippen molar-refractivity contribution in [1.29, 1.82) is 0 Å². The lowest BCUT2D eigenvalue weighted by Crippen LogP contribution is -2.34. The number of likely N-dealkylation sites (N-methyl/N-ethyl adjacent to an activating group) is 1. The van der Waals surface area contributed by atoms with E-state index in [2.05, 4.69) is 24.3 Å². The Balaban J connectivity index is 2.23. The van der Waals surface area contributed by atoms with Gasteiger partial charge in [0.1, 0.15) is 5.37 Å². The molecule has 0 aliphatic carbocycles. The molecule has 1 saturated heterocycles. The van der Waals surface area contributed by atoms with Crippen LogP contribution in [-0.4, -0.2) is 37.8 Å². The highest BCUT2D eigenvalue weighted by atomic mass is 32.2. The summed E-state index contributed by atoms with van der Waals surface area (Å²) in [4.78, 5) is 2.18. The molecule has 0 amide bonds. The van der Waals surface area contributed by atoms with E-state index in [9.17, 15) is 0 Å². The van der Waals surface area contributed by atoms with Gasteiger partial charge in [0.25, 0.3) is 0 Å². The maximum atomic E-state index is 3.32. The van der Waals surface area contributed by atoms with Crippen molar-refractivity contribution < 1.29 is 0 Å². The van der Waals surface area contributed by atoms with Crippen LogP contribution in [0.1, 0.15) is 0 Å². The van der Waals surface area contributed by atoms with Gasteiger partial charge in [-0.25, -0.2) is 0 Å². The first-order chi connectivity index (χ1) is 4.30. The van der Waals surface area contributed by atoms with Crippen LogP contribution in [0, 0.1) is 5.37 Å². The molecule has 1 rings (SSSR count). The number of thioether (sulfide) groups is 1. The van der Waals surface area contributed by atoms with Gasteiger partial charge in [0.15, 0.2) is 0 Å². The lowest BCUT2D eigenvalue weighted by Gasteiger charge is -2.26. The minimum Gasteiger partial charge on any atom is -0.313 e. The summed E-state index contributed by atoms with van der Waals surface area (Å²) in [5, 5.41) is 4.76. The predicted molar refractivity (Wildman–Crippen MR) is 42.3 cm³/mol. The molecule has 0 saturated carbocycles. The molecule has 53 valence electrons. The Morgan fingerprint density at radius 1 is 1.56 bits per heavy atom. The van der Waals surface area contributed by atoms with Crippen molar-refractivity contribution in [1.82, 2.24) is 10.2 Å². The van der Waals surface area contributed by atoms with Gasteiger partial charge in [-0.1, -0.05) is 0 Å². The van der Waals surface area contributed by atoms with Crippen molar-refractivity contribution in [3.8, 4) is 0 Å². The van der Waals surface area contributed by atoms with Crippen molar-refractivity contribution in [2.24, 2.45) is 0 Å². The Hall–Kier alpha value is 0.270. The van der Waals surface area contributed by atoms with Crippen LogP contribution in [-0.2, 0) is 0 Å². The van der Waals surface area contributed by atoms with Crippen molar-refractivity contribution in [2.75, 3.05) is 32.9 Å². The lowest BCUT2D eigenvalue weighted by molar-refractivity contribution is 0.450. The van der Waals surface area contributed by atoms with Crippen molar-refractivity contribution in [3.05, 3.63) is 5.37 Å². The third kappa shape index (κ3) is 2.16. The van der Waals surface area contributed by atoms with Gasteiger partial charge in [-0.15, -0.1) is 11.8 Å². The van der Waals surface area contributed by atoms with Crippen LogP contribution in [0.25, 0.3) is 0 Å². The van der Waals surface area contributed by atoms with E-state index in [0.717, 1.165) is 13.1 Å². The van der Waals surface area contributed by atoms with Crippen molar-refractivity contribution in [2.45, 2.75) is 0 Å². The second-order valence-electron chi connectivity index (χ2n) is 2.31. The van der Waals surface area contributed by atoms with Gasteiger partial charge in [0.05, 0.1) is 0 Å². The van der Waals surface area contributed by atoms with Gasteiger partial charge in [0.2, 0.25) is 0 Å². The minimum atomic E-state index is 1.05. The Labute approximate surface area is 61.0 Å². The first kappa shape index (κ1) is 7.38. The third-order valence-corrected chi connectivity index (χ3v) is 2.57. The molecule has 1 aliphatic heterocycles. The van der Waals surface area contributed by atoms with E-state index in [1.807, 2.05) is 11.8 Å². The molecule has 0 aromatic carbocycles. The van der Waals surface area contributed by atoms with E-state index in [-0.39, 0.29) is 0 Å². The number of rotatable bonds is 1. The summed E-state index contributed by atoms with van der Waals surface area (Å²) in [6.45, 7) is 2.21. The van der Waals surface area contributed by atoms with Crippen LogP contribution >= 0.6 is 11.8 Å². The highest BCUT2D eigenvalue weighted by Gasteiger charge is 2.15. The highest BCUT2D eigenvalue weighted by Crippen LogP contribution is 2.22. The SMILES string of the molecule is CN(C)[C]1CNCCS1. The fourth-order valence-corrected chi connectivity index (χ4v) is 1.72. The summed E-state index contributed by atoms with van der Waals surface area (Å²) >= 11 is 1.95. The van der Waals surface area contributed by atoms with E-state index < -0.39 is 0 Å². The van der Waals surface area contributed by atoms with E-state index in [0.29, 0.717) is 0 Å². The fraction of sp³-hybridized carbons (Fsp3) is 0.833. The van der Waals surface area contributed by atoms with Crippen LogP contribution in [0.2, 0.25) is 0 Å². The normalized spacial score (nSPS) is 23.0. The lowest BCUT2D eigenvalue weighted by atomic mass is 10.5. The fourth-order valence-electron chi connectivity index (χ4n) is 0.775. The molecule has 2 nitrogen and oxygen atoms in total. The molecule has 1 heterocycles. The zero-order valence-corrected chi connectivity index (χ0v) is 6.79. The van der Waals surface area contributed by atoms with Crippen LogP contribution in [0.5, 0.6) is 0 Å². The molecule has 3 heteroatoms. The molecule has 1 aliphatic rings. The Kier molecular flexibility index (Phi) is 2.82. The monoisotopic (exact) mass is 145 g/mol. The minimum absolute atomic E-state index is 1.05. The zero-order chi connectivity index (χ0) is 6.69. The first-order valence-electron chi connectivity index (χ1n) is 3.17. The molecule has 0 bridgehead atoms. The molecule has 1 fully saturated rings. The summed E-state index contributed by atoms with van der Waals surface area (Å²) in [7, 11) is 4.19. The summed E-state index contributed by atoms with van der Waals surface area (Å²) in [5.41, 5.74) is 0. The average molecular weight is 145 g/mol. The van der Waals surface area contributed by atoms with E-state index in [1.165, 1.54) is 11.1 Å². The Bertz CT molecular complexity index is 79.1.